The number of aliphatic hydroxyl groups is 2. The predicted molar refractivity (Wildman–Crippen MR) is 173 cm³/mol. The van der Waals surface area contributed by atoms with Crippen LogP contribution in [0.15, 0.2) is 54.9 Å². The van der Waals surface area contributed by atoms with Gasteiger partial charge in [0.2, 0.25) is 0 Å². The third-order valence-electron chi connectivity index (χ3n) is 8.71. The maximum Gasteiger partial charge on any atom is 0.161 e. The fraction of sp³-hybridized carbons (Fsp3) is 0.528. The Hall–Kier alpha value is -3.51. The first-order chi connectivity index (χ1) is 21.5. The molecular formula is C36H49N3O5. The van der Waals surface area contributed by atoms with E-state index in [2.05, 4.69) is 34.8 Å². The minimum absolute atomic E-state index is 0.0392. The summed E-state index contributed by atoms with van der Waals surface area (Å²) in [6.45, 7) is 2.82. The van der Waals surface area contributed by atoms with Crippen LogP contribution in [0.1, 0.15) is 81.0 Å². The Morgan fingerprint density at radius 3 is 2.75 bits per heavy atom. The summed E-state index contributed by atoms with van der Waals surface area (Å²) < 4.78 is 12.1. The number of rotatable bonds is 15. The first-order valence-electron chi connectivity index (χ1n) is 16.1. The highest BCUT2D eigenvalue weighted by Crippen LogP contribution is 2.31. The number of aromatic hydroxyl groups is 1. The topological polar surface area (TPSA) is 134 Å². The molecule has 0 amide bonds. The molecule has 3 aromatic rings. The molecule has 44 heavy (non-hydrogen) atoms. The normalized spacial score (nSPS) is 20.3. The number of H-pyrrole nitrogens is 1. The molecule has 6 N–H and O–H groups in total. The first-order valence-corrected chi connectivity index (χ1v) is 16.1. The van der Waals surface area contributed by atoms with Gasteiger partial charge >= 0.3 is 0 Å². The second-order valence-electron chi connectivity index (χ2n) is 11.9. The summed E-state index contributed by atoms with van der Waals surface area (Å²) >= 11 is 0. The molecule has 1 aromatic carbocycles. The molecule has 0 aliphatic heterocycles. The Morgan fingerprint density at radius 1 is 1.11 bits per heavy atom. The molecule has 8 heteroatoms. The van der Waals surface area contributed by atoms with Gasteiger partial charge in [0.05, 0.1) is 32.0 Å². The molecule has 8 nitrogen and oxygen atoms in total. The van der Waals surface area contributed by atoms with E-state index in [4.69, 9.17) is 15.2 Å². The number of aromatic nitrogens is 2. The first kappa shape index (κ1) is 33.4. The minimum atomic E-state index is -0.604. The largest absolute Gasteiger partial charge is 0.504 e. The number of benzene rings is 1. The molecule has 238 valence electrons. The zero-order chi connectivity index (χ0) is 31.1. The van der Waals surface area contributed by atoms with Gasteiger partial charge in [0.15, 0.2) is 11.5 Å². The van der Waals surface area contributed by atoms with E-state index < -0.39 is 6.10 Å². The van der Waals surface area contributed by atoms with Crippen molar-refractivity contribution >= 4 is 5.82 Å². The predicted octanol–water partition coefficient (Wildman–Crippen LogP) is 5.77. The number of ether oxygens (including phenoxy) is 2. The lowest BCUT2D eigenvalue weighted by Crippen LogP contribution is -2.35. The van der Waals surface area contributed by atoms with Crippen LogP contribution in [0.4, 0.5) is 5.82 Å². The average molecular weight is 604 g/mol. The smallest absolute Gasteiger partial charge is 0.161 e. The number of nitrogen functional groups attached to an aromatic ring is 1. The fourth-order valence-corrected chi connectivity index (χ4v) is 6.11. The van der Waals surface area contributed by atoms with Crippen LogP contribution in [0, 0.1) is 23.7 Å². The molecule has 1 aliphatic rings. The molecule has 2 aromatic heterocycles. The maximum atomic E-state index is 11.4. The Balaban J connectivity index is 1.38. The van der Waals surface area contributed by atoms with Gasteiger partial charge in [0, 0.05) is 36.3 Å². The molecule has 0 radical (unpaired) electrons. The third-order valence-corrected chi connectivity index (χ3v) is 8.71. The Kier molecular flexibility index (Phi) is 13.4. The number of nitrogens with two attached hydrogens (primary N) is 1. The zero-order valence-corrected chi connectivity index (χ0v) is 26.0. The number of aliphatic hydroxyl groups excluding tert-OH is 2. The van der Waals surface area contributed by atoms with E-state index in [9.17, 15) is 15.3 Å². The van der Waals surface area contributed by atoms with Crippen LogP contribution < -0.4 is 10.5 Å². The lowest BCUT2D eigenvalue weighted by atomic mass is 9.85. The van der Waals surface area contributed by atoms with Gasteiger partial charge in [-0.1, -0.05) is 31.8 Å². The van der Waals surface area contributed by atoms with E-state index in [-0.39, 0.29) is 36.9 Å². The van der Waals surface area contributed by atoms with Crippen LogP contribution in [0.5, 0.6) is 11.5 Å². The van der Waals surface area contributed by atoms with E-state index >= 15 is 0 Å². The quantitative estimate of drug-likeness (QED) is 0.139. The van der Waals surface area contributed by atoms with Gasteiger partial charge in [-0.25, -0.2) is 4.98 Å². The van der Waals surface area contributed by atoms with Crippen molar-refractivity contribution in [3.05, 3.63) is 71.7 Å². The lowest BCUT2D eigenvalue weighted by molar-refractivity contribution is -0.0515. The Morgan fingerprint density at radius 2 is 1.98 bits per heavy atom. The summed E-state index contributed by atoms with van der Waals surface area (Å²) in [6, 6.07) is 13.3. The molecule has 0 fully saturated rings. The van der Waals surface area contributed by atoms with Gasteiger partial charge in [0.25, 0.3) is 0 Å². The van der Waals surface area contributed by atoms with Gasteiger partial charge in [-0.05, 0) is 98.4 Å². The summed E-state index contributed by atoms with van der Waals surface area (Å²) in [5.74, 6) is 8.22. The van der Waals surface area contributed by atoms with Crippen LogP contribution >= 0.6 is 0 Å². The van der Waals surface area contributed by atoms with Crippen molar-refractivity contribution in [3.63, 3.8) is 0 Å². The summed E-state index contributed by atoms with van der Waals surface area (Å²) in [5, 5.41) is 31.3. The molecule has 5 atom stereocenters. The molecule has 0 spiro atoms. The van der Waals surface area contributed by atoms with Crippen LogP contribution in [0.2, 0.25) is 0 Å². The number of aryl methyl sites for hydroxylation is 1. The van der Waals surface area contributed by atoms with Crippen LogP contribution in [0.25, 0.3) is 0 Å². The Bertz CT molecular complexity index is 1320. The van der Waals surface area contributed by atoms with Crippen LogP contribution in [-0.2, 0) is 17.6 Å². The van der Waals surface area contributed by atoms with Gasteiger partial charge in [-0.2, -0.15) is 0 Å². The standard InChI is InChI=1S/C36H49N3O5/c1-2-26-7-3-4-11-34(44-22-20-40)31(10-5-8-26)32(41)14-12-27-13-15-33(42)35(23-27)43-21-17-29(24-30-9-6-18-38-30)28-16-19-39-36(37)25-28/h6,9,13,15-16,18-19,23,25-26,29,31-32,34,38,40-42H,2-4,7,10-12,14,17,20-22,24H2,1H3,(H2,37,39)/t26-,29-,31-,32-,34+/m1/s1. The van der Waals surface area contributed by atoms with E-state index in [1.54, 1.807) is 12.3 Å². The lowest BCUT2D eigenvalue weighted by Gasteiger charge is -2.30. The van der Waals surface area contributed by atoms with Crippen molar-refractivity contribution in [2.24, 2.45) is 11.8 Å². The summed E-state index contributed by atoms with van der Waals surface area (Å²) in [5.41, 5.74) is 9.17. The van der Waals surface area contributed by atoms with Crippen molar-refractivity contribution in [2.75, 3.05) is 25.6 Å². The number of phenols is 1. The number of nitrogens with zero attached hydrogens (tertiary/aromatic N) is 1. The van der Waals surface area contributed by atoms with Gasteiger partial charge in [-0.15, -0.1) is 5.92 Å². The second-order valence-corrected chi connectivity index (χ2v) is 11.9. The summed E-state index contributed by atoms with van der Waals surface area (Å²) in [7, 11) is 0. The zero-order valence-electron chi connectivity index (χ0n) is 26.0. The number of nitrogens with one attached hydrogen (secondary N) is 1. The van der Waals surface area contributed by atoms with Crippen molar-refractivity contribution in [1.29, 1.82) is 0 Å². The number of hydrogen-bond acceptors (Lipinski definition) is 7. The summed E-state index contributed by atoms with van der Waals surface area (Å²) in [4.78, 5) is 7.41. The van der Waals surface area contributed by atoms with E-state index in [1.807, 2.05) is 36.5 Å². The van der Waals surface area contributed by atoms with E-state index in [0.717, 1.165) is 61.8 Å². The van der Waals surface area contributed by atoms with E-state index in [1.165, 1.54) is 0 Å². The molecule has 0 saturated carbocycles. The second kappa shape index (κ2) is 17.7. The van der Waals surface area contributed by atoms with Gasteiger partial charge in [0.1, 0.15) is 5.82 Å². The van der Waals surface area contributed by atoms with Crippen molar-refractivity contribution in [1.82, 2.24) is 9.97 Å². The molecule has 2 heterocycles. The van der Waals surface area contributed by atoms with Crippen molar-refractivity contribution in [2.45, 2.75) is 89.3 Å². The number of pyridine rings is 1. The van der Waals surface area contributed by atoms with Crippen molar-refractivity contribution in [3.8, 4) is 23.3 Å². The minimum Gasteiger partial charge on any atom is -0.504 e. The third kappa shape index (κ3) is 10.3. The Labute approximate surface area is 262 Å². The molecular weight excluding hydrogens is 554 g/mol. The highest BCUT2D eigenvalue weighted by atomic mass is 16.5. The van der Waals surface area contributed by atoms with E-state index in [0.29, 0.717) is 43.4 Å². The van der Waals surface area contributed by atoms with Crippen LogP contribution in [-0.4, -0.2) is 57.3 Å². The number of phenolic OH excluding ortho intramolecular Hbond substituents is 1. The fourth-order valence-electron chi connectivity index (χ4n) is 6.11. The number of anilines is 1. The highest BCUT2D eigenvalue weighted by molar-refractivity contribution is 5.42. The SMILES string of the molecule is CC[C@H]1C#CC[C@H]([C@H](O)CCc2ccc(O)c(OCC[C@H](Cc3ccc[nH]3)c3ccnc(N)c3)c2)[C@@H](OCCO)CCCC1. The van der Waals surface area contributed by atoms with Crippen LogP contribution in [0.3, 0.4) is 0 Å². The molecule has 4 rings (SSSR count). The highest BCUT2D eigenvalue weighted by Gasteiger charge is 2.29. The molecule has 1 aliphatic carbocycles. The molecule has 0 bridgehead atoms. The van der Waals surface area contributed by atoms with Gasteiger partial charge in [-0.3, -0.25) is 0 Å². The van der Waals surface area contributed by atoms with Crippen molar-refractivity contribution < 1.29 is 24.8 Å². The molecule has 0 unspecified atom stereocenters. The average Bonchev–Trinajstić information content (AvgIpc) is 3.55. The molecule has 0 saturated heterocycles. The maximum absolute atomic E-state index is 11.4. The monoisotopic (exact) mass is 603 g/mol. The van der Waals surface area contributed by atoms with Gasteiger partial charge < -0.3 is 35.5 Å². The summed E-state index contributed by atoms with van der Waals surface area (Å²) in [6.07, 6.45) is 11.3. The number of hydrogen-bond donors (Lipinski definition) is 5. The number of aromatic amines is 1.